The summed E-state index contributed by atoms with van der Waals surface area (Å²) < 4.78 is 34.0. The molecular formula is C36H40N2O11. The number of anilines is 1. The van der Waals surface area contributed by atoms with Gasteiger partial charge in [-0.15, -0.1) is 0 Å². The molecule has 49 heavy (non-hydrogen) atoms. The Labute approximate surface area is 282 Å². The van der Waals surface area contributed by atoms with Crippen LogP contribution in [0.1, 0.15) is 56.1 Å². The lowest BCUT2D eigenvalue weighted by molar-refractivity contribution is -0.304. The van der Waals surface area contributed by atoms with Crippen molar-refractivity contribution in [1.29, 1.82) is 0 Å². The molecule has 13 heteroatoms. The molecule has 0 spiro atoms. The maximum Gasteiger partial charge on any atom is 0.404 e. The summed E-state index contributed by atoms with van der Waals surface area (Å²) in [7, 11) is 1.37. The number of aliphatic hydroxyl groups is 1. The van der Waals surface area contributed by atoms with E-state index in [1.165, 1.54) is 31.4 Å². The smallest absolute Gasteiger partial charge is 0.404 e. The summed E-state index contributed by atoms with van der Waals surface area (Å²) in [5.41, 5.74) is 4.20. The van der Waals surface area contributed by atoms with E-state index in [-0.39, 0.29) is 33.3 Å². The Morgan fingerprint density at radius 3 is 2.35 bits per heavy atom. The highest BCUT2D eigenvalue weighted by atomic mass is 16.7. The van der Waals surface area contributed by atoms with E-state index in [9.17, 15) is 24.6 Å². The second-order valence-corrected chi connectivity index (χ2v) is 13.3. The van der Waals surface area contributed by atoms with Crippen LogP contribution in [0.25, 0.3) is 11.0 Å². The lowest BCUT2D eigenvalue weighted by Crippen LogP contribution is -2.65. The van der Waals surface area contributed by atoms with Crippen LogP contribution in [0.4, 0.5) is 10.5 Å². The van der Waals surface area contributed by atoms with E-state index in [2.05, 4.69) is 26.1 Å². The summed E-state index contributed by atoms with van der Waals surface area (Å²) >= 11 is 0. The van der Waals surface area contributed by atoms with Crippen LogP contribution in [0.2, 0.25) is 0 Å². The van der Waals surface area contributed by atoms with E-state index >= 15 is 0 Å². The molecule has 4 atom stereocenters. The number of aromatic hydroxyl groups is 1. The Kier molecular flexibility index (Phi) is 9.64. The fourth-order valence-corrected chi connectivity index (χ4v) is 5.72. The number of ether oxygens (including phenoxy) is 5. The highest BCUT2D eigenvalue weighted by molar-refractivity contribution is 6.06. The van der Waals surface area contributed by atoms with E-state index in [0.29, 0.717) is 11.5 Å². The minimum absolute atomic E-state index is 0.0139. The summed E-state index contributed by atoms with van der Waals surface area (Å²) in [4.78, 5) is 37.9. The summed E-state index contributed by atoms with van der Waals surface area (Å²) in [5.74, 6) is -0.0859. The molecule has 13 nitrogen and oxygen atoms in total. The summed E-state index contributed by atoms with van der Waals surface area (Å²) in [5, 5.41) is 24.6. The van der Waals surface area contributed by atoms with Gasteiger partial charge in [0.25, 0.3) is 5.91 Å². The second-order valence-electron chi connectivity index (χ2n) is 13.3. The van der Waals surface area contributed by atoms with Gasteiger partial charge in [-0.2, -0.15) is 0 Å². The number of nitrogens with one attached hydrogen (secondary N) is 1. The van der Waals surface area contributed by atoms with Crippen LogP contribution >= 0.6 is 0 Å². The van der Waals surface area contributed by atoms with Crippen LogP contribution < -0.4 is 26.1 Å². The lowest BCUT2D eigenvalue weighted by Gasteiger charge is -2.47. The number of amides is 2. The van der Waals surface area contributed by atoms with Crippen LogP contribution in [0, 0.1) is 6.92 Å². The molecule has 2 amide bonds. The van der Waals surface area contributed by atoms with Crippen molar-refractivity contribution in [2.24, 2.45) is 5.73 Å². The SMILES string of the molecule is CO[C@@H]1[C@@H](OC(N)=O)[C@@H](O)[C@H](Oc2ccc3c(O)c(NC(=O)c4cccc(Oc5ccc(C(C)(C)C)cc5)c4)c(=O)oc3c2C)OC1(C)C. The predicted molar refractivity (Wildman–Crippen MR) is 179 cm³/mol. The maximum atomic E-state index is 13.2. The molecular weight excluding hydrogens is 636 g/mol. The Balaban J connectivity index is 1.36. The Morgan fingerprint density at radius 1 is 1.02 bits per heavy atom. The topological polar surface area (TPSA) is 189 Å². The highest BCUT2D eigenvalue weighted by Gasteiger charge is 2.53. The zero-order chi connectivity index (χ0) is 35.8. The first kappa shape index (κ1) is 35.2. The predicted octanol–water partition coefficient (Wildman–Crippen LogP) is 5.50. The summed E-state index contributed by atoms with van der Waals surface area (Å²) in [6, 6.07) is 16.9. The largest absolute Gasteiger partial charge is 0.505 e. The molecule has 260 valence electrons. The number of aliphatic hydroxyl groups excluding tert-OH is 1. The van der Waals surface area contributed by atoms with Crippen molar-refractivity contribution in [2.45, 2.75) is 77.2 Å². The number of carbonyl (C=O) groups is 2. The molecule has 1 aliphatic heterocycles. The first-order valence-corrected chi connectivity index (χ1v) is 15.5. The average molecular weight is 677 g/mol. The van der Waals surface area contributed by atoms with Gasteiger partial charge < -0.3 is 49.4 Å². The minimum Gasteiger partial charge on any atom is -0.505 e. The molecule has 2 heterocycles. The number of hydrogen-bond donors (Lipinski definition) is 4. The molecule has 0 aliphatic carbocycles. The van der Waals surface area contributed by atoms with Gasteiger partial charge >= 0.3 is 11.7 Å². The zero-order valence-electron chi connectivity index (χ0n) is 28.2. The van der Waals surface area contributed by atoms with Gasteiger partial charge in [-0.25, -0.2) is 9.59 Å². The highest BCUT2D eigenvalue weighted by Crippen LogP contribution is 2.39. The minimum atomic E-state index is -1.52. The third-order valence-corrected chi connectivity index (χ3v) is 8.31. The van der Waals surface area contributed by atoms with Crippen molar-refractivity contribution in [2.75, 3.05) is 12.4 Å². The molecule has 1 aliphatic rings. The lowest BCUT2D eigenvalue weighted by atomic mass is 9.87. The van der Waals surface area contributed by atoms with Crippen LogP contribution in [-0.4, -0.2) is 59.5 Å². The van der Waals surface area contributed by atoms with Crippen LogP contribution in [0.15, 0.2) is 69.9 Å². The van der Waals surface area contributed by atoms with E-state index in [4.69, 9.17) is 33.8 Å². The van der Waals surface area contributed by atoms with Gasteiger partial charge in [0.05, 0.1) is 11.0 Å². The zero-order valence-corrected chi connectivity index (χ0v) is 28.2. The number of aryl methyl sites for hydroxylation is 1. The average Bonchev–Trinajstić information content (AvgIpc) is 3.02. The molecule has 0 saturated carbocycles. The first-order valence-electron chi connectivity index (χ1n) is 15.5. The van der Waals surface area contributed by atoms with Crippen molar-refractivity contribution in [3.8, 4) is 23.0 Å². The molecule has 3 aromatic carbocycles. The van der Waals surface area contributed by atoms with Gasteiger partial charge in [-0.1, -0.05) is 39.0 Å². The van der Waals surface area contributed by atoms with Crippen LogP contribution in [-0.2, 0) is 19.6 Å². The number of rotatable bonds is 8. The number of hydrogen-bond acceptors (Lipinski definition) is 11. The third-order valence-electron chi connectivity index (χ3n) is 8.31. The van der Waals surface area contributed by atoms with E-state index in [1.807, 2.05) is 24.3 Å². The molecule has 1 saturated heterocycles. The van der Waals surface area contributed by atoms with Gasteiger partial charge in [0, 0.05) is 18.2 Å². The molecule has 5 N–H and O–H groups in total. The molecule has 5 rings (SSSR count). The fraction of sp³-hybridized carbons (Fsp3) is 0.361. The molecule has 4 aromatic rings. The number of nitrogens with two attached hydrogens (primary N) is 1. The summed E-state index contributed by atoms with van der Waals surface area (Å²) in [6.45, 7) is 11.2. The number of methoxy groups -OCH3 is 1. The van der Waals surface area contributed by atoms with Crippen molar-refractivity contribution in [3.63, 3.8) is 0 Å². The molecule has 0 bridgehead atoms. The fourth-order valence-electron chi connectivity index (χ4n) is 5.72. The van der Waals surface area contributed by atoms with Crippen LogP contribution in [0.3, 0.4) is 0 Å². The number of benzene rings is 3. The normalized spacial score (nSPS) is 20.4. The number of carbonyl (C=O) groups excluding carboxylic acids is 2. The summed E-state index contributed by atoms with van der Waals surface area (Å²) in [6.07, 6.45) is -6.10. The van der Waals surface area contributed by atoms with Gasteiger partial charge in [0.1, 0.15) is 28.9 Å². The Bertz CT molecular complexity index is 1930. The number of primary amides is 1. The van der Waals surface area contributed by atoms with Crippen molar-refractivity contribution in [3.05, 3.63) is 87.8 Å². The van der Waals surface area contributed by atoms with Gasteiger partial charge in [-0.3, -0.25) is 4.79 Å². The molecule has 1 fully saturated rings. The maximum absolute atomic E-state index is 13.2. The van der Waals surface area contributed by atoms with E-state index < -0.39 is 59.3 Å². The Morgan fingerprint density at radius 2 is 1.71 bits per heavy atom. The van der Waals surface area contributed by atoms with Crippen LogP contribution in [0.5, 0.6) is 23.0 Å². The van der Waals surface area contributed by atoms with Gasteiger partial charge in [-0.05, 0) is 74.2 Å². The second kappa shape index (κ2) is 13.4. The number of fused-ring (bicyclic) bond motifs is 1. The van der Waals surface area contributed by atoms with E-state index in [0.717, 1.165) is 5.56 Å². The van der Waals surface area contributed by atoms with E-state index in [1.54, 1.807) is 32.9 Å². The van der Waals surface area contributed by atoms with Crippen molar-refractivity contribution < 1.29 is 47.9 Å². The molecule has 0 unspecified atom stereocenters. The standard InChI is InChI=1S/C36H40N2O11/c1-18-24(46-33-27(40)29(48-34(37)43)30(44-7)36(5,6)49-33)16-15-23-26(39)25(32(42)47-28(18)23)38-31(41)19-9-8-10-22(17-19)45-21-13-11-20(12-14-21)35(2,3)4/h8-17,27,29-30,33,39-40H,1-7H3,(H2,37,43)(H,38,41)/t27-,29+,30-,33-/m1/s1. The third kappa shape index (κ3) is 7.33. The Hall–Kier alpha value is -5.11. The van der Waals surface area contributed by atoms with Gasteiger partial charge in [0.2, 0.25) is 6.29 Å². The monoisotopic (exact) mass is 676 g/mol. The quantitative estimate of drug-likeness (QED) is 0.172. The van der Waals surface area contributed by atoms with Gasteiger partial charge in [0.15, 0.2) is 23.6 Å². The first-order chi connectivity index (χ1) is 23.0. The van der Waals surface area contributed by atoms with Crippen molar-refractivity contribution >= 4 is 28.7 Å². The molecule has 0 radical (unpaired) electrons. The van der Waals surface area contributed by atoms with Crippen molar-refractivity contribution in [1.82, 2.24) is 0 Å². The molecule has 1 aromatic heterocycles.